The topological polar surface area (TPSA) is 3.24 Å². The summed E-state index contributed by atoms with van der Waals surface area (Å²) in [6.45, 7) is 14.6. The fourth-order valence-corrected chi connectivity index (χ4v) is 5.22. The van der Waals surface area contributed by atoms with E-state index in [4.69, 9.17) is 0 Å². The summed E-state index contributed by atoms with van der Waals surface area (Å²) in [5, 5.41) is 0. The molecule has 0 saturated carbocycles. The summed E-state index contributed by atoms with van der Waals surface area (Å²) in [6.07, 6.45) is 4.12. The molecule has 1 nitrogen and oxygen atoms in total. The van der Waals surface area contributed by atoms with Gasteiger partial charge in [0.25, 0.3) is 0 Å². The standard InChI is InChI=1S/C19H27N/c1-12-10-14-17-15-13(6-8-18(2,3)16(12)15)7-9-20(17)11-19(14,4)5/h10,13H,6-9,11H2,1-5H3. The van der Waals surface area contributed by atoms with Gasteiger partial charge in [0.2, 0.25) is 0 Å². The maximum Gasteiger partial charge on any atom is 0.0443 e. The van der Waals surface area contributed by atoms with Crippen molar-refractivity contribution in [2.75, 3.05) is 18.0 Å². The molecule has 1 aromatic carbocycles. The number of hydrogen-bond donors (Lipinski definition) is 0. The Morgan fingerprint density at radius 1 is 1.10 bits per heavy atom. The van der Waals surface area contributed by atoms with Crippen LogP contribution in [0, 0.1) is 6.92 Å². The molecule has 0 aromatic heterocycles. The molecular formula is C19H27N. The SMILES string of the molecule is Cc1cc2c3c4c1C(C)(C)CCC4CCN3CC2(C)C. The largest absolute Gasteiger partial charge is 0.370 e. The molecule has 2 aliphatic heterocycles. The fourth-order valence-electron chi connectivity index (χ4n) is 5.22. The van der Waals surface area contributed by atoms with Crippen LogP contribution >= 0.6 is 0 Å². The van der Waals surface area contributed by atoms with Gasteiger partial charge < -0.3 is 4.90 Å². The van der Waals surface area contributed by atoms with E-state index in [1.54, 1.807) is 27.9 Å². The number of aryl methyl sites for hydroxylation is 1. The molecular weight excluding hydrogens is 242 g/mol. The van der Waals surface area contributed by atoms with Gasteiger partial charge in [-0.2, -0.15) is 0 Å². The van der Waals surface area contributed by atoms with Crippen LogP contribution in [0.15, 0.2) is 6.07 Å². The van der Waals surface area contributed by atoms with Crippen molar-refractivity contribution in [1.82, 2.24) is 0 Å². The van der Waals surface area contributed by atoms with E-state index in [-0.39, 0.29) is 0 Å². The molecule has 1 aliphatic carbocycles. The number of benzene rings is 1. The van der Waals surface area contributed by atoms with Gasteiger partial charge in [-0.3, -0.25) is 0 Å². The van der Waals surface area contributed by atoms with Gasteiger partial charge in [0.15, 0.2) is 0 Å². The van der Waals surface area contributed by atoms with Crippen LogP contribution < -0.4 is 4.90 Å². The summed E-state index contributed by atoms with van der Waals surface area (Å²) in [6, 6.07) is 2.52. The number of anilines is 1. The lowest BCUT2D eigenvalue weighted by Crippen LogP contribution is -2.36. The molecule has 0 amide bonds. The monoisotopic (exact) mass is 269 g/mol. The van der Waals surface area contributed by atoms with E-state index in [0.717, 1.165) is 5.92 Å². The number of nitrogens with zero attached hydrogens (tertiary/aromatic N) is 1. The Kier molecular flexibility index (Phi) is 2.30. The van der Waals surface area contributed by atoms with Crippen molar-refractivity contribution in [2.24, 2.45) is 0 Å². The third kappa shape index (κ3) is 1.44. The van der Waals surface area contributed by atoms with Gasteiger partial charge in [-0.15, -0.1) is 0 Å². The molecule has 0 spiro atoms. The Labute approximate surface area is 123 Å². The van der Waals surface area contributed by atoms with Gasteiger partial charge in [-0.25, -0.2) is 0 Å². The summed E-state index contributed by atoms with van der Waals surface area (Å²) >= 11 is 0. The molecule has 2 heterocycles. The Morgan fingerprint density at radius 3 is 2.60 bits per heavy atom. The smallest absolute Gasteiger partial charge is 0.0443 e. The van der Waals surface area contributed by atoms with Gasteiger partial charge >= 0.3 is 0 Å². The second-order valence-corrected chi connectivity index (χ2v) is 8.59. The Balaban J connectivity index is 2.08. The minimum atomic E-state index is 0.325. The van der Waals surface area contributed by atoms with E-state index < -0.39 is 0 Å². The predicted molar refractivity (Wildman–Crippen MR) is 86.0 cm³/mol. The first-order chi connectivity index (χ1) is 9.31. The maximum atomic E-state index is 2.69. The zero-order valence-electron chi connectivity index (χ0n) is 13.6. The Bertz CT molecular complexity index is 594. The van der Waals surface area contributed by atoms with E-state index in [1.807, 2.05) is 0 Å². The van der Waals surface area contributed by atoms with Crippen LogP contribution in [0.1, 0.15) is 75.1 Å². The molecule has 0 saturated heterocycles. The molecule has 4 rings (SSSR count). The van der Waals surface area contributed by atoms with Gasteiger partial charge in [0.05, 0.1) is 0 Å². The molecule has 0 bridgehead atoms. The van der Waals surface area contributed by atoms with Crippen LogP contribution in [0.3, 0.4) is 0 Å². The average Bonchev–Trinajstić information content (AvgIpc) is 2.60. The zero-order valence-corrected chi connectivity index (χ0v) is 13.6. The van der Waals surface area contributed by atoms with E-state index in [2.05, 4.69) is 45.6 Å². The maximum absolute atomic E-state index is 2.69. The minimum Gasteiger partial charge on any atom is -0.370 e. The highest BCUT2D eigenvalue weighted by Gasteiger charge is 2.45. The van der Waals surface area contributed by atoms with Crippen molar-refractivity contribution >= 4 is 5.69 Å². The quantitative estimate of drug-likeness (QED) is 0.662. The van der Waals surface area contributed by atoms with Gasteiger partial charge in [-0.05, 0) is 59.8 Å². The van der Waals surface area contributed by atoms with E-state index in [1.165, 1.54) is 32.4 Å². The van der Waals surface area contributed by atoms with Crippen LogP contribution in [0.2, 0.25) is 0 Å². The average molecular weight is 269 g/mol. The van der Waals surface area contributed by atoms with Crippen LogP contribution in [0.25, 0.3) is 0 Å². The van der Waals surface area contributed by atoms with Gasteiger partial charge in [0.1, 0.15) is 0 Å². The fraction of sp³-hybridized carbons (Fsp3) is 0.684. The van der Waals surface area contributed by atoms with Crippen LogP contribution in [-0.4, -0.2) is 13.1 Å². The lowest BCUT2D eigenvalue weighted by atomic mass is 9.64. The summed E-state index contributed by atoms with van der Waals surface area (Å²) in [7, 11) is 0. The molecule has 1 heteroatoms. The lowest BCUT2D eigenvalue weighted by Gasteiger charge is -2.44. The number of rotatable bonds is 0. The van der Waals surface area contributed by atoms with E-state index >= 15 is 0 Å². The van der Waals surface area contributed by atoms with Crippen LogP contribution in [0.4, 0.5) is 5.69 Å². The second-order valence-electron chi connectivity index (χ2n) is 8.59. The minimum absolute atomic E-state index is 0.325. The molecule has 1 aromatic rings. The van der Waals surface area contributed by atoms with Crippen molar-refractivity contribution in [2.45, 2.75) is 70.6 Å². The lowest BCUT2D eigenvalue weighted by molar-refractivity contribution is 0.374. The highest BCUT2D eigenvalue weighted by atomic mass is 15.2. The Morgan fingerprint density at radius 2 is 1.85 bits per heavy atom. The molecule has 0 radical (unpaired) electrons. The first-order valence-corrected chi connectivity index (χ1v) is 8.25. The predicted octanol–water partition coefficient (Wildman–Crippen LogP) is 4.65. The van der Waals surface area contributed by atoms with Crippen molar-refractivity contribution in [1.29, 1.82) is 0 Å². The molecule has 3 aliphatic rings. The molecule has 0 fully saturated rings. The van der Waals surface area contributed by atoms with E-state index in [9.17, 15) is 0 Å². The summed E-state index contributed by atoms with van der Waals surface area (Å²) < 4.78 is 0. The van der Waals surface area contributed by atoms with Crippen molar-refractivity contribution in [3.05, 3.63) is 28.3 Å². The summed E-state index contributed by atoms with van der Waals surface area (Å²) in [5.74, 6) is 0.830. The first-order valence-electron chi connectivity index (χ1n) is 8.25. The molecule has 108 valence electrons. The molecule has 1 atom stereocenters. The molecule has 0 N–H and O–H groups in total. The Hall–Kier alpha value is -0.980. The number of hydrogen-bond acceptors (Lipinski definition) is 1. The normalized spacial score (nSPS) is 28.4. The summed E-state index contributed by atoms with van der Waals surface area (Å²) in [5.41, 5.74) is 8.93. The molecule has 1 unspecified atom stereocenters. The van der Waals surface area contributed by atoms with Crippen LogP contribution in [-0.2, 0) is 10.8 Å². The van der Waals surface area contributed by atoms with Crippen LogP contribution in [0.5, 0.6) is 0 Å². The van der Waals surface area contributed by atoms with Crippen molar-refractivity contribution in [3.63, 3.8) is 0 Å². The molecule has 20 heavy (non-hydrogen) atoms. The zero-order chi connectivity index (χ0) is 14.3. The van der Waals surface area contributed by atoms with Crippen molar-refractivity contribution < 1.29 is 0 Å². The highest BCUT2D eigenvalue weighted by Crippen LogP contribution is 2.56. The first kappa shape index (κ1) is 12.7. The highest BCUT2D eigenvalue weighted by molar-refractivity contribution is 5.73. The third-order valence-corrected chi connectivity index (χ3v) is 6.12. The van der Waals surface area contributed by atoms with Gasteiger partial charge in [-0.1, -0.05) is 33.8 Å². The van der Waals surface area contributed by atoms with E-state index in [0.29, 0.717) is 10.8 Å². The van der Waals surface area contributed by atoms with Gasteiger partial charge in [0, 0.05) is 24.2 Å². The summed E-state index contributed by atoms with van der Waals surface area (Å²) in [4.78, 5) is 2.69. The second kappa shape index (κ2) is 3.61. The third-order valence-electron chi connectivity index (χ3n) is 6.12. The van der Waals surface area contributed by atoms with Crippen molar-refractivity contribution in [3.8, 4) is 0 Å².